The molecule has 0 spiro atoms. The largest absolute Gasteiger partial charge is 0.351 e. The summed E-state index contributed by atoms with van der Waals surface area (Å²) in [6.45, 7) is 0.685. The molecule has 110 valence electrons. The van der Waals surface area contributed by atoms with Crippen LogP contribution in [0, 0.1) is 0 Å². The molecule has 2 aromatic rings. The van der Waals surface area contributed by atoms with E-state index in [2.05, 4.69) is 27.6 Å². The summed E-state index contributed by atoms with van der Waals surface area (Å²) >= 11 is 1.81. The average Bonchev–Trinajstić information content (AvgIpc) is 3.25. The second-order valence-corrected chi connectivity index (χ2v) is 6.42. The van der Waals surface area contributed by atoms with Crippen LogP contribution >= 0.6 is 11.8 Å². The number of aromatic nitrogens is 2. The van der Waals surface area contributed by atoms with Gasteiger partial charge in [0.05, 0.1) is 0 Å². The van der Waals surface area contributed by atoms with Crippen molar-refractivity contribution in [1.29, 1.82) is 0 Å². The second kappa shape index (κ2) is 6.80. The Bertz CT molecular complexity index is 593. The molecule has 4 nitrogen and oxygen atoms in total. The van der Waals surface area contributed by atoms with Gasteiger partial charge in [-0.3, -0.25) is 9.89 Å². The molecule has 1 aliphatic rings. The molecule has 0 bridgehead atoms. The number of hydrogen-bond acceptors (Lipinski definition) is 3. The Balaban J connectivity index is 1.35. The highest BCUT2D eigenvalue weighted by molar-refractivity contribution is 7.99. The Morgan fingerprint density at radius 1 is 1.33 bits per heavy atom. The normalized spacial score (nSPS) is 14.1. The predicted molar refractivity (Wildman–Crippen MR) is 84.7 cm³/mol. The molecule has 1 heterocycles. The Kier molecular flexibility index (Phi) is 4.60. The molecule has 0 saturated heterocycles. The Labute approximate surface area is 128 Å². The van der Waals surface area contributed by atoms with E-state index in [1.165, 1.54) is 17.7 Å². The van der Waals surface area contributed by atoms with Crippen LogP contribution in [0.2, 0.25) is 0 Å². The summed E-state index contributed by atoms with van der Waals surface area (Å²) in [6.07, 6.45) is 3.37. The number of H-pyrrole nitrogens is 1. The molecule has 1 aromatic carbocycles. The number of amides is 1. The Hall–Kier alpha value is -1.75. The number of thioether (sulfide) groups is 1. The van der Waals surface area contributed by atoms with Crippen molar-refractivity contribution in [3.8, 4) is 0 Å². The molecule has 1 saturated carbocycles. The maximum absolute atomic E-state index is 11.9. The lowest BCUT2D eigenvalue weighted by atomic mass is 10.2. The molecular weight excluding hydrogens is 282 g/mol. The topological polar surface area (TPSA) is 57.8 Å². The predicted octanol–water partition coefficient (Wildman–Crippen LogP) is 3.20. The highest BCUT2D eigenvalue weighted by Gasteiger charge is 2.26. The third-order valence-electron chi connectivity index (χ3n) is 3.47. The van der Waals surface area contributed by atoms with Crippen molar-refractivity contribution >= 4 is 17.7 Å². The first-order chi connectivity index (χ1) is 10.3. The average molecular weight is 301 g/mol. The van der Waals surface area contributed by atoms with Crippen molar-refractivity contribution in [3.63, 3.8) is 0 Å². The van der Waals surface area contributed by atoms with E-state index in [0.29, 0.717) is 18.2 Å². The number of carbonyl (C=O) groups excluding carboxylic acids is 1. The fourth-order valence-corrected chi connectivity index (χ4v) is 3.00. The van der Waals surface area contributed by atoms with Crippen LogP contribution in [0.5, 0.6) is 0 Å². The van der Waals surface area contributed by atoms with Crippen LogP contribution in [0.15, 0.2) is 41.3 Å². The van der Waals surface area contributed by atoms with Crippen LogP contribution in [-0.4, -0.2) is 28.4 Å². The van der Waals surface area contributed by atoms with E-state index in [-0.39, 0.29) is 5.91 Å². The van der Waals surface area contributed by atoms with Crippen LogP contribution in [0.3, 0.4) is 0 Å². The SMILES string of the molecule is O=C(NCCCSc1ccccc1)c1cc(C2CC2)[nH]n1. The minimum absolute atomic E-state index is 0.0807. The lowest BCUT2D eigenvalue weighted by molar-refractivity contribution is 0.0949. The lowest BCUT2D eigenvalue weighted by Crippen LogP contribution is -2.25. The van der Waals surface area contributed by atoms with Crippen molar-refractivity contribution < 1.29 is 4.79 Å². The van der Waals surface area contributed by atoms with Gasteiger partial charge in [-0.1, -0.05) is 18.2 Å². The van der Waals surface area contributed by atoms with Crippen molar-refractivity contribution in [2.75, 3.05) is 12.3 Å². The molecule has 1 fully saturated rings. The van der Waals surface area contributed by atoms with E-state index in [1.807, 2.05) is 36.0 Å². The molecule has 0 radical (unpaired) electrons. The fourth-order valence-electron chi connectivity index (χ4n) is 2.13. The molecule has 3 rings (SSSR count). The molecular formula is C16H19N3OS. The minimum Gasteiger partial charge on any atom is -0.351 e. The molecule has 21 heavy (non-hydrogen) atoms. The fraction of sp³-hybridized carbons (Fsp3) is 0.375. The summed E-state index contributed by atoms with van der Waals surface area (Å²) in [6, 6.07) is 12.2. The third-order valence-corrected chi connectivity index (χ3v) is 4.56. The summed E-state index contributed by atoms with van der Waals surface area (Å²) in [5.41, 5.74) is 1.60. The zero-order valence-corrected chi connectivity index (χ0v) is 12.7. The van der Waals surface area contributed by atoms with Gasteiger partial charge in [-0.2, -0.15) is 5.10 Å². The second-order valence-electron chi connectivity index (χ2n) is 5.25. The maximum Gasteiger partial charge on any atom is 0.271 e. The number of nitrogens with zero attached hydrogens (tertiary/aromatic N) is 1. The summed E-state index contributed by atoms with van der Waals surface area (Å²) in [7, 11) is 0. The zero-order valence-electron chi connectivity index (χ0n) is 11.8. The summed E-state index contributed by atoms with van der Waals surface area (Å²) in [5, 5.41) is 9.96. The van der Waals surface area contributed by atoms with Crippen molar-refractivity contribution in [1.82, 2.24) is 15.5 Å². The third kappa shape index (κ3) is 4.11. The highest BCUT2D eigenvalue weighted by Crippen LogP contribution is 2.38. The first kappa shape index (κ1) is 14.2. The van der Waals surface area contributed by atoms with Crippen LogP contribution in [0.1, 0.15) is 41.4 Å². The molecule has 1 amide bonds. The van der Waals surface area contributed by atoms with Gasteiger partial charge in [0.25, 0.3) is 5.91 Å². The van der Waals surface area contributed by atoms with Crippen LogP contribution in [0.4, 0.5) is 0 Å². The number of rotatable bonds is 7. The van der Waals surface area contributed by atoms with E-state index in [1.54, 1.807) is 0 Å². The summed E-state index contributed by atoms with van der Waals surface area (Å²) in [4.78, 5) is 13.2. The van der Waals surface area contributed by atoms with Gasteiger partial charge >= 0.3 is 0 Å². The maximum atomic E-state index is 11.9. The molecule has 0 aliphatic heterocycles. The van der Waals surface area contributed by atoms with Gasteiger partial charge in [-0.05, 0) is 43.2 Å². The quantitative estimate of drug-likeness (QED) is 0.610. The number of carbonyl (C=O) groups is 1. The highest BCUT2D eigenvalue weighted by atomic mass is 32.2. The number of aromatic amines is 1. The van der Waals surface area contributed by atoms with Crippen LogP contribution in [0.25, 0.3) is 0 Å². The molecule has 2 N–H and O–H groups in total. The van der Waals surface area contributed by atoms with Crippen molar-refractivity contribution in [3.05, 3.63) is 47.8 Å². The number of nitrogens with one attached hydrogen (secondary N) is 2. The summed E-state index contributed by atoms with van der Waals surface area (Å²) in [5.74, 6) is 1.52. The summed E-state index contributed by atoms with van der Waals surface area (Å²) < 4.78 is 0. The smallest absolute Gasteiger partial charge is 0.271 e. The van der Waals surface area contributed by atoms with Gasteiger partial charge in [0.2, 0.25) is 0 Å². The standard InChI is InChI=1S/C16H19N3OS/c20-16(15-11-14(18-19-15)12-7-8-12)17-9-4-10-21-13-5-2-1-3-6-13/h1-3,5-6,11-12H,4,7-10H2,(H,17,20)(H,18,19). The van der Waals surface area contributed by atoms with Gasteiger partial charge < -0.3 is 5.32 Å². The van der Waals surface area contributed by atoms with Crippen LogP contribution in [-0.2, 0) is 0 Å². The molecule has 1 aromatic heterocycles. The van der Waals surface area contributed by atoms with E-state index < -0.39 is 0 Å². The monoisotopic (exact) mass is 301 g/mol. The number of benzene rings is 1. The van der Waals surface area contributed by atoms with Gasteiger partial charge in [0.1, 0.15) is 5.69 Å². The number of hydrogen-bond donors (Lipinski definition) is 2. The molecule has 1 aliphatic carbocycles. The van der Waals surface area contributed by atoms with Crippen molar-refractivity contribution in [2.24, 2.45) is 0 Å². The zero-order chi connectivity index (χ0) is 14.5. The van der Waals surface area contributed by atoms with E-state index in [0.717, 1.165) is 17.9 Å². The van der Waals surface area contributed by atoms with E-state index >= 15 is 0 Å². The molecule has 5 heteroatoms. The first-order valence-corrected chi connectivity index (χ1v) is 8.33. The van der Waals surface area contributed by atoms with E-state index in [9.17, 15) is 4.79 Å². The Morgan fingerprint density at radius 2 is 2.14 bits per heavy atom. The minimum atomic E-state index is -0.0807. The van der Waals surface area contributed by atoms with Gasteiger partial charge in [-0.15, -0.1) is 11.8 Å². The Morgan fingerprint density at radius 3 is 2.90 bits per heavy atom. The van der Waals surface area contributed by atoms with Gasteiger partial charge in [-0.25, -0.2) is 0 Å². The lowest BCUT2D eigenvalue weighted by Gasteiger charge is -2.03. The first-order valence-electron chi connectivity index (χ1n) is 7.34. The molecule has 0 atom stereocenters. The van der Waals surface area contributed by atoms with Crippen LogP contribution < -0.4 is 5.32 Å². The van der Waals surface area contributed by atoms with Gasteiger partial charge in [0.15, 0.2) is 0 Å². The van der Waals surface area contributed by atoms with Crippen molar-refractivity contribution in [2.45, 2.75) is 30.1 Å². The van der Waals surface area contributed by atoms with E-state index in [4.69, 9.17) is 0 Å². The van der Waals surface area contributed by atoms with Gasteiger partial charge in [0, 0.05) is 23.1 Å². The molecule has 0 unspecified atom stereocenters.